The van der Waals surface area contributed by atoms with Gasteiger partial charge in [-0.3, -0.25) is 10.1 Å². The zero-order chi connectivity index (χ0) is 27.9. The van der Waals surface area contributed by atoms with Gasteiger partial charge in [0.05, 0.1) is 23.3 Å². The highest BCUT2D eigenvalue weighted by Crippen LogP contribution is 2.35. The van der Waals surface area contributed by atoms with Crippen molar-refractivity contribution in [2.24, 2.45) is 5.92 Å². The second-order valence-electron chi connectivity index (χ2n) is 10.8. The fourth-order valence-corrected chi connectivity index (χ4v) is 5.77. The number of pyridine rings is 2. The number of benzene rings is 2. The van der Waals surface area contributed by atoms with Crippen molar-refractivity contribution in [3.63, 3.8) is 0 Å². The fourth-order valence-electron chi connectivity index (χ4n) is 5.77. The maximum absolute atomic E-state index is 14.0. The van der Waals surface area contributed by atoms with Crippen LogP contribution in [0.15, 0.2) is 91.5 Å². The number of allylic oxidation sites excluding steroid dienone is 1. The normalized spacial score (nSPS) is 14.6. The molecule has 1 saturated heterocycles. The number of H-pyrrole nitrogens is 2. The molecule has 8 heteroatoms. The number of aromatic amines is 2. The van der Waals surface area contributed by atoms with Crippen molar-refractivity contribution in [2.75, 3.05) is 25.5 Å². The summed E-state index contributed by atoms with van der Waals surface area (Å²) in [5.74, 6) is 0.201. The first-order valence-corrected chi connectivity index (χ1v) is 13.8. The summed E-state index contributed by atoms with van der Waals surface area (Å²) in [4.78, 5) is 15.0. The van der Waals surface area contributed by atoms with E-state index in [4.69, 9.17) is 0 Å². The zero-order valence-electron chi connectivity index (χ0n) is 22.8. The summed E-state index contributed by atoms with van der Waals surface area (Å²) in [7, 11) is 2.17. The summed E-state index contributed by atoms with van der Waals surface area (Å²) in [6.07, 6.45) is 7.72. The third-order valence-corrected chi connectivity index (χ3v) is 8.07. The Labute approximate surface area is 237 Å². The van der Waals surface area contributed by atoms with Crippen LogP contribution in [0.4, 0.5) is 10.1 Å². The minimum atomic E-state index is -0.256. The highest BCUT2D eigenvalue weighted by molar-refractivity contribution is 6.01. The van der Waals surface area contributed by atoms with Crippen molar-refractivity contribution in [2.45, 2.75) is 12.8 Å². The molecule has 0 amide bonds. The number of aromatic nitrogens is 5. The average molecular weight is 544 g/mol. The average Bonchev–Trinajstić information content (AvgIpc) is 3.61. The van der Waals surface area contributed by atoms with Crippen LogP contribution in [-0.4, -0.2) is 50.2 Å². The molecule has 0 bridgehead atoms. The Bertz CT molecular complexity index is 1890. The summed E-state index contributed by atoms with van der Waals surface area (Å²) in [6, 6.07) is 18.9. The van der Waals surface area contributed by atoms with Gasteiger partial charge in [0.15, 0.2) is 5.65 Å². The molecular formula is C33H30FN7. The van der Waals surface area contributed by atoms with E-state index in [9.17, 15) is 4.39 Å². The van der Waals surface area contributed by atoms with Gasteiger partial charge in [0.25, 0.3) is 0 Å². The van der Waals surface area contributed by atoms with E-state index in [1.54, 1.807) is 12.1 Å². The number of fused-ring (bicyclic) bond motifs is 2. The van der Waals surface area contributed by atoms with Crippen LogP contribution in [0.5, 0.6) is 0 Å². The second-order valence-corrected chi connectivity index (χ2v) is 10.8. The van der Waals surface area contributed by atoms with Crippen molar-refractivity contribution >= 4 is 27.6 Å². The molecule has 0 spiro atoms. The first-order chi connectivity index (χ1) is 20.0. The van der Waals surface area contributed by atoms with E-state index in [1.165, 1.54) is 6.07 Å². The highest BCUT2D eigenvalue weighted by atomic mass is 19.1. The van der Waals surface area contributed by atoms with Gasteiger partial charge in [-0.15, -0.1) is 0 Å². The molecule has 6 aromatic rings. The van der Waals surface area contributed by atoms with E-state index < -0.39 is 0 Å². The lowest BCUT2D eigenvalue weighted by molar-refractivity contribution is 0.239. The van der Waals surface area contributed by atoms with Crippen LogP contribution in [-0.2, 0) is 0 Å². The monoisotopic (exact) mass is 543 g/mol. The molecular weight excluding hydrogens is 513 g/mol. The Hall–Kier alpha value is -4.82. The predicted octanol–water partition coefficient (Wildman–Crippen LogP) is 7.24. The minimum Gasteiger partial charge on any atom is -0.358 e. The fraction of sp³-hybridized carbons (Fsp3) is 0.182. The molecule has 41 heavy (non-hydrogen) atoms. The molecule has 0 saturated carbocycles. The van der Waals surface area contributed by atoms with E-state index in [0.29, 0.717) is 11.6 Å². The number of likely N-dealkylation sites (tertiary alicyclic amines) is 1. The largest absolute Gasteiger partial charge is 0.358 e. The first kappa shape index (κ1) is 25.2. The van der Waals surface area contributed by atoms with Gasteiger partial charge in [0.1, 0.15) is 5.82 Å². The van der Waals surface area contributed by atoms with Gasteiger partial charge >= 0.3 is 0 Å². The lowest BCUT2D eigenvalue weighted by Crippen LogP contribution is -2.31. The molecule has 0 atom stereocenters. The molecule has 204 valence electrons. The van der Waals surface area contributed by atoms with Crippen LogP contribution in [0.2, 0.25) is 0 Å². The van der Waals surface area contributed by atoms with Crippen LogP contribution in [0, 0.1) is 11.7 Å². The zero-order valence-corrected chi connectivity index (χ0v) is 22.8. The van der Waals surface area contributed by atoms with E-state index >= 15 is 0 Å². The molecule has 3 N–H and O–H groups in total. The number of piperidine rings is 1. The molecule has 2 aromatic carbocycles. The molecule has 7 nitrogen and oxygen atoms in total. The lowest BCUT2D eigenvalue weighted by Gasteiger charge is -2.30. The maximum Gasteiger partial charge on any atom is 0.181 e. The molecule has 7 rings (SSSR count). The van der Waals surface area contributed by atoms with E-state index in [2.05, 4.69) is 67.2 Å². The minimum absolute atomic E-state index is 0.256. The predicted molar refractivity (Wildman–Crippen MR) is 163 cm³/mol. The van der Waals surface area contributed by atoms with Crippen LogP contribution >= 0.6 is 0 Å². The van der Waals surface area contributed by atoms with Crippen molar-refractivity contribution < 1.29 is 4.39 Å². The number of rotatable bonds is 6. The number of hydrogen-bond donors (Lipinski definition) is 3. The summed E-state index contributed by atoms with van der Waals surface area (Å²) >= 11 is 0. The van der Waals surface area contributed by atoms with Crippen LogP contribution < -0.4 is 5.32 Å². The van der Waals surface area contributed by atoms with Crippen LogP contribution in [0.25, 0.3) is 55.6 Å². The standard InChI is InChI=1S/C33H30FN7/c1-20(21-9-11-41(2)12-10-21)37-26-14-23(17-35-19-26)24-15-29-32(39-40-33(29)36-18-24)31-16-28-27(7-4-8-30(28)38-31)22-5-3-6-25(34)13-22/h3-8,13-19,21,37-38H,1,9-12H2,2H3,(H,36,39,40). The molecule has 1 aliphatic rings. The van der Waals surface area contributed by atoms with Gasteiger partial charge in [0.2, 0.25) is 0 Å². The summed E-state index contributed by atoms with van der Waals surface area (Å²) in [6.45, 7) is 6.50. The van der Waals surface area contributed by atoms with Gasteiger partial charge < -0.3 is 15.2 Å². The van der Waals surface area contributed by atoms with Crippen molar-refractivity contribution in [3.05, 3.63) is 97.3 Å². The van der Waals surface area contributed by atoms with E-state index in [1.807, 2.05) is 42.9 Å². The smallest absolute Gasteiger partial charge is 0.181 e. The van der Waals surface area contributed by atoms with Gasteiger partial charge in [-0.05, 0) is 80.5 Å². The molecule has 5 heterocycles. The van der Waals surface area contributed by atoms with Crippen molar-refractivity contribution in [3.8, 4) is 33.6 Å². The topological polar surface area (TPSA) is 85.5 Å². The molecule has 1 fully saturated rings. The maximum atomic E-state index is 14.0. The Morgan fingerprint density at radius 2 is 1.78 bits per heavy atom. The van der Waals surface area contributed by atoms with Gasteiger partial charge in [0, 0.05) is 51.4 Å². The van der Waals surface area contributed by atoms with Crippen LogP contribution in [0.3, 0.4) is 0 Å². The van der Waals surface area contributed by atoms with Gasteiger partial charge in [-0.1, -0.05) is 30.8 Å². The number of nitrogens with one attached hydrogen (secondary N) is 3. The number of hydrogen-bond acceptors (Lipinski definition) is 5. The van der Waals surface area contributed by atoms with Gasteiger partial charge in [-0.25, -0.2) is 9.37 Å². The van der Waals surface area contributed by atoms with E-state index in [0.717, 1.165) is 87.2 Å². The number of nitrogens with zero attached hydrogens (tertiary/aromatic N) is 4. The Balaban J connectivity index is 1.21. The SMILES string of the molecule is C=C(Nc1cncc(-c2cnc3n[nH]c(-c4cc5c(-c6cccc(F)c6)cccc5[nH]4)c3c2)c1)C1CCN(C)CC1. The highest BCUT2D eigenvalue weighted by Gasteiger charge is 2.20. The van der Waals surface area contributed by atoms with Crippen molar-refractivity contribution in [1.29, 1.82) is 0 Å². The summed E-state index contributed by atoms with van der Waals surface area (Å²) < 4.78 is 14.0. The Kier molecular flexibility index (Phi) is 6.32. The van der Waals surface area contributed by atoms with Gasteiger partial charge in [-0.2, -0.15) is 5.10 Å². The third kappa shape index (κ3) is 4.87. The molecule has 1 aliphatic heterocycles. The summed E-state index contributed by atoms with van der Waals surface area (Å²) in [5, 5.41) is 13.0. The molecule has 0 unspecified atom stereocenters. The Morgan fingerprint density at radius 1 is 0.951 bits per heavy atom. The summed E-state index contributed by atoms with van der Waals surface area (Å²) in [5.41, 5.74) is 8.96. The third-order valence-electron chi connectivity index (χ3n) is 8.07. The molecule has 4 aromatic heterocycles. The second kappa shape index (κ2) is 10.3. The first-order valence-electron chi connectivity index (χ1n) is 13.8. The quantitative estimate of drug-likeness (QED) is 0.206. The molecule has 0 aliphatic carbocycles. The van der Waals surface area contributed by atoms with E-state index in [-0.39, 0.29) is 5.82 Å². The van der Waals surface area contributed by atoms with Crippen LogP contribution in [0.1, 0.15) is 12.8 Å². The van der Waals surface area contributed by atoms with Crippen molar-refractivity contribution in [1.82, 2.24) is 30.0 Å². The molecule has 0 radical (unpaired) electrons. The lowest BCUT2D eigenvalue weighted by atomic mass is 9.94. The Morgan fingerprint density at radius 3 is 2.63 bits per heavy atom. The number of halogens is 1. The number of anilines is 1.